The van der Waals surface area contributed by atoms with Crippen molar-refractivity contribution in [3.05, 3.63) is 11.8 Å². The van der Waals surface area contributed by atoms with Gasteiger partial charge >= 0.3 is 0 Å². The van der Waals surface area contributed by atoms with Gasteiger partial charge in [-0.05, 0) is 0 Å². The van der Waals surface area contributed by atoms with E-state index in [2.05, 4.69) is 20.3 Å². The molecule has 0 spiro atoms. The van der Waals surface area contributed by atoms with Gasteiger partial charge in [0, 0.05) is 32.7 Å². The summed E-state index contributed by atoms with van der Waals surface area (Å²) >= 11 is 0. The SMILES string of the molecule is CC(C)C[CH-]CC(=[N-])C(C)C.[Y]. The first kappa shape index (κ1) is 15.3. The van der Waals surface area contributed by atoms with Gasteiger partial charge in [0.15, 0.2) is 0 Å². The van der Waals surface area contributed by atoms with Crippen LogP contribution in [0, 0.1) is 18.3 Å². The van der Waals surface area contributed by atoms with Crippen LogP contribution in [0.3, 0.4) is 0 Å². The van der Waals surface area contributed by atoms with Gasteiger partial charge in [0.05, 0.1) is 0 Å². The van der Waals surface area contributed by atoms with Crippen LogP contribution in [0.4, 0.5) is 0 Å². The molecule has 0 N–H and O–H groups in total. The van der Waals surface area contributed by atoms with Crippen LogP contribution >= 0.6 is 0 Å². The van der Waals surface area contributed by atoms with Crippen LogP contribution in [0.5, 0.6) is 0 Å². The molecule has 0 aromatic carbocycles. The van der Waals surface area contributed by atoms with Crippen LogP contribution in [-0.4, -0.2) is 5.71 Å². The molecule has 0 unspecified atom stereocenters. The molecule has 0 aliphatic carbocycles. The minimum Gasteiger partial charge on any atom is -0.813 e. The summed E-state index contributed by atoms with van der Waals surface area (Å²) < 4.78 is 0. The summed E-state index contributed by atoms with van der Waals surface area (Å²) in [4.78, 5) is 0. The van der Waals surface area contributed by atoms with Crippen molar-refractivity contribution in [2.75, 3.05) is 0 Å². The maximum atomic E-state index is 9.32. The van der Waals surface area contributed by atoms with Crippen molar-refractivity contribution in [2.24, 2.45) is 11.8 Å². The molecule has 0 aromatic heterocycles. The molecule has 69 valence electrons. The Balaban J connectivity index is 0. The van der Waals surface area contributed by atoms with Crippen molar-refractivity contribution in [3.8, 4) is 0 Å². The zero-order valence-electron chi connectivity index (χ0n) is 8.67. The van der Waals surface area contributed by atoms with Gasteiger partial charge in [-0.15, -0.1) is 0 Å². The normalized spacial score (nSPS) is 10.2. The Morgan fingerprint density at radius 2 is 1.75 bits per heavy atom. The largest absolute Gasteiger partial charge is 0.813 e. The molecule has 0 aromatic rings. The van der Waals surface area contributed by atoms with Gasteiger partial charge in [-0.1, -0.05) is 39.5 Å². The second kappa shape index (κ2) is 8.38. The topological polar surface area (TPSA) is 22.3 Å². The second-order valence-electron chi connectivity index (χ2n) is 3.77. The molecule has 1 nitrogen and oxygen atoms in total. The van der Waals surface area contributed by atoms with Crippen LogP contribution < -0.4 is 0 Å². The number of hydrogen-bond acceptors (Lipinski definition) is 0. The van der Waals surface area contributed by atoms with Crippen LogP contribution in [0.2, 0.25) is 0 Å². The number of nitrogens with zero attached hydrogens (tertiary/aromatic N) is 1. The minimum atomic E-state index is 0. The maximum absolute atomic E-state index is 9.32. The zero-order valence-corrected chi connectivity index (χ0v) is 11.5. The third-order valence-electron chi connectivity index (χ3n) is 1.66. The average molecular weight is 242 g/mol. The summed E-state index contributed by atoms with van der Waals surface area (Å²) in [6.07, 6.45) is 4.01. The molecule has 12 heavy (non-hydrogen) atoms. The van der Waals surface area contributed by atoms with E-state index in [-0.39, 0.29) is 32.7 Å². The van der Waals surface area contributed by atoms with Crippen LogP contribution in [0.15, 0.2) is 0 Å². The van der Waals surface area contributed by atoms with Crippen molar-refractivity contribution < 1.29 is 32.7 Å². The number of rotatable bonds is 5. The van der Waals surface area contributed by atoms with Gasteiger partial charge in [-0.2, -0.15) is 12.8 Å². The Morgan fingerprint density at radius 3 is 2.08 bits per heavy atom. The van der Waals surface area contributed by atoms with Gasteiger partial charge in [-0.25, -0.2) is 5.71 Å². The Kier molecular flexibility index (Phi) is 10.6. The van der Waals surface area contributed by atoms with E-state index in [1.165, 1.54) is 0 Å². The Bertz CT molecular complexity index is 119. The molecule has 0 heterocycles. The molecule has 0 rings (SSSR count). The third-order valence-corrected chi connectivity index (χ3v) is 1.66. The van der Waals surface area contributed by atoms with Gasteiger partial charge in [0.2, 0.25) is 0 Å². The first-order valence-electron chi connectivity index (χ1n) is 4.40. The quantitative estimate of drug-likeness (QED) is 0.521. The fraction of sp³-hybridized carbons (Fsp3) is 0.800. The molecule has 0 amide bonds. The van der Waals surface area contributed by atoms with Crippen molar-refractivity contribution in [1.82, 2.24) is 0 Å². The minimum absolute atomic E-state index is 0. The van der Waals surface area contributed by atoms with Crippen molar-refractivity contribution in [3.63, 3.8) is 0 Å². The molecular formula is C10H19NY-2. The Labute approximate surface area is 102 Å². The first-order chi connectivity index (χ1) is 5.04. The van der Waals surface area contributed by atoms with Crippen molar-refractivity contribution in [2.45, 2.75) is 40.5 Å². The van der Waals surface area contributed by atoms with Gasteiger partial charge in [0.1, 0.15) is 0 Å². The Morgan fingerprint density at radius 1 is 1.25 bits per heavy atom. The molecule has 0 aliphatic rings. The van der Waals surface area contributed by atoms with E-state index in [1.807, 2.05) is 13.8 Å². The molecule has 0 saturated carbocycles. The Hall–Kier alpha value is 0.774. The molecule has 0 saturated heterocycles. The summed E-state index contributed by atoms with van der Waals surface area (Å²) in [6.45, 7) is 8.39. The maximum Gasteiger partial charge on any atom is 0 e. The van der Waals surface area contributed by atoms with E-state index in [0.717, 1.165) is 12.8 Å². The van der Waals surface area contributed by atoms with E-state index in [4.69, 9.17) is 0 Å². The summed E-state index contributed by atoms with van der Waals surface area (Å²) in [5.41, 5.74) is 0.602. The van der Waals surface area contributed by atoms with E-state index >= 15 is 0 Å². The predicted octanol–water partition coefficient (Wildman–Crippen LogP) is 3.29. The van der Waals surface area contributed by atoms with Gasteiger partial charge in [-0.3, -0.25) is 0 Å². The molecule has 0 atom stereocenters. The van der Waals surface area contributed by atoms with Gasteiger partial charge < -0.3 is 11.8 Å². The van der Waals surface area contributed by atoms with E-state index in [9.17, 15) is 5.41 Å². The summed E-state index contributed by atoms with van der Waals surface area (Å²) in [7, 11) is 0. The van der Waals surface area contributed by atoms with E-state index < -0.39 is 0 Å². The van der Waals surface area contributed by atoms with Crippen LogP contribution in [0.25, 0.3) is 5.41 Å². The van der Waals surface area contributed by atoms with Crippen LogP contribution in [0.1, 0.15) is 40.5 Å². The third kappa shape index (κ3) is 8.87. The molecule has 1 radical (unpaired) electrons. The summed E-state index contributed by atoms with van der Waals surface area (Å²) in [6, 6.07) is 0. The van der Waals surface area contributed by atoms with E-state index in [1.54, 1.807) is 0 Å². The zero-order chi connectivity index (χ0) is 8.85. The van der Waals surface area contributed by atoms with E-state index in [0.29, 0.717) is 17.5 Å². The smallest absolute Gasteiger partial charge is 0 e. The fourth-order valence-electron chi connectivity index (χ4n) is 0.800. The fourth-order valence-corrected chi connectivity index (χ4v) is 0.800. The standard InChI is InChI=1S/C10H19N.Y/c1-8(2)6-5-7-10(11)9(3)4;/h5,8-9H,6-7H2,1-4H3;/q-2;. The number of hydrogen-bond donors (Lipinski definition) is 0. The summed E-state index contributed by atoms with van der Waals surface area (Å²) in [5, 5.41) is 9.32. The predicted molar refractivity (Wildman–Crippen MR) is 51.6 cm³/mol. The van der Waals surface area contributed by atoms with Crippen LogP contribution in [-0.2, 0) is 32.7 Å². The van der Waals surface area contributed by atoms with Crippen molar-refractivity contribution in [1.29, 1.82) is 0 Å². The monoisotopic (exact) mass is 242 g/mol. The molecule has 0 fully saturated rings. The van der Waals surface area contributed by atoms with Crippen molar-refractivity contribution >= 4 is 5.71 Å². The molecule has 0 bridgehead atoms. The summed E-state index contributed by atoms with van der Waals surface area (Å²) in [5.74, 6) is 1.01. The second-order valence-corrected chi connectivity index (χ2v) is 3.77. The average Bonchev–Trinajstić information content (AvgIpc) is 1.86. The molecule has 2 heteroatoms. The van der Waals surface area contributed by atoms with Gasteiger partial charge in [0.25, 0.3) is 0 Å². The first-order valence-corrected chi connectivity index (χ1v) is 4.40. The molecule has 0 aliphatic heterocycles. The molecular weight excluding hydrogens is 223 g/mol.